The third-order valence-electron chi connectivity index (χ3n) is 6.61. The molecule has 0 radical (unpaired) electrons. The zero-order chi connectivity index (χ0) is 22.6. The fourth-order valence-corrected chi connectivity index (χ4v) is 4.73. The molecule has 2 fully saturated rings. The van der Waals surface area contributed by atoms with Gasteiger partial charge in [0.05, 0.1) is 18.8 Å². The number of ether oxygens (including phenoxy) is 2. The van der Waals surface area contributed by atoms with E-state index in [2.05, 4.69) is 41.0 Å². The van der Waals surface area contributed by atoms with Crippen LogP contribution in [0.2, 0.25) is 0 Å². The van der Waals surface area contributed by atoms with Gasteiger partial charge in [0, 0.05) is 38.4 Å². The maximum Gasteiger partial charge on any atom is 0.134 e. The lowest BCUT2D eigenvalue weighted by molar-refractivity contribution is -0.0743. The van der Waals surface area contributed by atoms with Gasteiger partial charge in [-0.2, -0.15) is 0 Å². The molecular weight excluding hydrogens is 404 g/mol. The van der Waals surface area contributed by atoms with Crippen LogP contribution in [-0.4, -0.2) is 78.9 Å². The minimum absolute atomic E-state index is 0.161. The second kappa shape index (κ2) is 9.79. The molecule has 6 nitrogen and oxygen atoms in total. The molecule has 0 aromatic heterocycles. The number of para-hydroxylation sites is 1. The molecule has 0 unspecified atom stereocenters. The summed E-state index contributed by atoms with van der Waals surface area (Å²) in [5, 5.41) is 22.5. The van der Waals surface area contributed by atoms with E-state index in [-0.39, 0.29) is 13.2 Å². The highest BCUT2D eigenvalue weighted by atomic mass is 16.5. The second-order valence-corrected chi connectivity index (χ2v) is 9.59. The van der Waals surface area contributed by atoms with Crippen molar-refractivity contribution in [2.24, 2.45) is 0 Å². The van der Waals surface area contributed by atoms with Gasteiger partial charge in [-0.3, -0.25) is 4.90 Å². The molecule has 2 aromatic rings. The van der Waals surface area contributed by atoms with Crippen molar-refractivity contribution in [2.45, 2.75) is 37.9 Å². The number of β-amino-alcohol motifs (C(OH)–C–C–N with tert-alkyl or cyclic N) is 2. The predicted molar refractivity (Wildman–Crippen MR) is 126 cm³/mol. The fourth-order valence-electron chi connectivity index (χ4n) is 4.73. The van der Waals surface area contributed by atoms with Gasteiger partial charge in [-0.1, -0.05) is 30.3 Å². The average molecular weight is 441 g/mol. The molecule has 2 N–H and O–H groups in total. The third kappa shape index (κ3) is 5.81. The van der Waals surface area contributed by atoms with E-state index >= 15 is 0 Å². The Morgan fingerprint density at radius 1 is 0.969 bits per heavy atom. The highest BCUT2D eigenvalue weighted by Crippen LogP contribution is 2.29. The SMILES string of the molecule is Cc1cccc(N2CCC(O)(CN3CCOC[C@@](O)(COc4ccccc4C)C3)CC2)c1. The summed E-state index contributed by atoms with van der Waals surface area (Å²) in [4.78, 5) is 4.48. The molecule has 4 rings (SSSR count). The number of piperidine rings is 1. The van der Waals surface area contributed by atoms with Crippen molar-refractivity contribution >= 4 is 5.69 Å². The average Bonchev–Trinajstić information content (AvgIpc) is 2.94. The van der Waals surface area contributed by atoms with Gasteiger partial charge >= 0.3 is 0 Å². The van der Waals surface area contributed by atoms with Crippen LogP contribution >= 0.6 is 0 Å². The van der Waals surface area contributed by atoms with Crippen LogP contribution in [0, 0.1) is 13.8 Å². The summed E-state index contributed by atoms with van der Waals surface area (Å²) in [5.41, 5.74) is 1.63. The molecule has 174 valence electrons. The Morgan fingerprint density at radius 3 is 2.50 bits per heavy atom. The zero-order valence-corrected chi connectivity index (χ0v) is 19.3. The Morgan fingerprint density at radius 2 is 1.75 bits per heavy atom. The number of nitrogens with zero attached hydrogens (tertiary/aromatic N) is 2. The van der Waals surface area contributed by atoms with Gasteiger partial charge in [0.1, 0.15) is 18.0 Å². The van der Waals surface area contributed by atoms with E-state index in [1.807, 2.05) is 31.2 Å². The summed E-state index contributed by atoms with van der Waals surface area (Å²) in [6.07, 6.45) is 1.41. The number of anilines is 1. The molecule has 1 atom stereocenters. The topological polar surface area (TPSA) is 65.4 Å². The van der Waals surface area contributed by atoms with Gasteiger partial charge in [-0.25, -0.2) is 0 Å². The van der Waals surface area contributed by atoms with E-state index in [4.69, 9.17) is 9.47 Å². The molecule has 0 amide bonds. The van der Waals surface area contributed by atoms with Gasteiger partial charge < -0.3 is 24.6 Å². The Kier molecular flexibility index (Phi) is 7.05. The van der Waals surface area contributed by atoms with Crippen LogP contribution < -0.4 is 9.64 Å². The van der Waals surface area contributed by atoms with Gasteiger partial charge in [0.2, 0.25) is 0 Å². The molecule has 2 heterocycles. The summed E-state index contributed by atoms with van der Waals surface area (Å²) < 4.78 is 11.7. The van der Waals surface area contributed by atoms with Gasteiger partial charge in [-0.05, 0) is 56.0 Å². The third-order valence-corrected chi connectivity index (χ3v) is 6.61. The first-order valence-electron chi connectivity index (χ1n) is 11.6. The van der Waals surface area contributed by atoms with Gasteiger partial charge in [-0.15, -0.1) is 0 Å². The molecule has 2 aliphatic heterocycles. The summed E-state index contributed by atoms with van der Waals surface area (Å²) in [6, 6.07) is 16.3. The lowest BCUT2D eigenvalue weighted by atomic mass is 9.90. The fraction of sp³-hybridized carbons (Fsp3) is 0.538. The van der Waals surface area contributed by atoms with E-state index in [9.17, 15) is 10.2 Å². The summed E-state index contributed by atoms with van der Waals surface area (Å²) in [7, 11) is 0. The number of hydrogen-bond donors (Lipinski definition) is 2. The molecule has 0 aliphatic carbocycles. The maximum atomic E-state index is 11.3. The number of rotatable bonds is 6. The van der Waals surface area contributed by atoms with E-state index in [0.717, 1.165) is 24.4 Å². The molecule has 32 heavy (non-hydrogen) atoms. The first-order chi connectivity index (χ1) is 15.3. The Balaban J connectivity index is 1.34. The standard InChI is InChI=1S/C26H36N2O4/c1-21-6-5-8-23(16-21)28-12-10-25(29,11-13-28)17-27-14-15-31-19-26(30,18-27)20-32-24-9-4-3-7-22(24)2/h3-9,16,29-30H,10-15,17-20H2,1-2H3/t26-/m1/s1. The van der Waals surface area contributed by atoms with E-state index in [1.54, 1.807) is 0 Å². The Bertz CT molecular complexity index is 897. The first-order valence-corrected chi connectivity index (χ1v) is 11.6. The summed E-state index contributed by atoms with van der Waals surface area (Å²) >= 11 is 0. The first kappa shape index (κ1) is 23.1. The van der Waals surface area contributed by atoms with Crippen molar-refractivity contribution in [1.82, 2.24) is 4.90 Å². The molecule has 2 aliphatic rings. The van der Waals surface area contributed by atoms with Crippen LogP contribution in [0.25, 0.3) is 0 Å². The van der Waals surface area contributed by atoms with Gasteiger partial charge in [0.15, 0.2) is 0 Å². The quantitative estimate of drug-likeness (QED) is 0.720. The monoisotopic (exact) mass is 440 g/mol. The summed E-state index contributed by atoms with van der Waals surface area (Å²) in [5.74, 6) is 0.777. The highest BCUT2D eigenvalue weighted by molar-refractivity contribution is 5.48. The van der Waals surface area contributed by atoms with Crippen molar-refractivity contribution in [3.63, 3.8) is 0 Å². The molecule has 2 aromatic carbocycles. The minimum Gasteiger partial charge on any atom is -0.490 e. The lowest BCUT2D eigenvalue weighted by Gasteiger charge is -2.42. The van der Waals surface area contributed by atoms with Crippen LogP contribution in [0.5, 0.6) is 5.75 Å². The Labute approximate surface area is 191 Å². The zero-order valence-electron chi connectivity index (χ0n) is 19.3. The lowest BCUT2D eigenvalue weighted by Crippen LogP contribution is -2.55. The van der Waals surface area contributed by atoms with Crippen molar-refractivity contribution in [3.8, 4) is 5.75 Å². The van der Waals surface area contributed by atoms with Crippen molar-refractivity contribution in [1.29, 1.82) is 0 Å². The van der Waals surface area contributed by atoms with Crippen LogP contribution in [0.4, 0.5) is 5.69 Å². The number of hydrogen-bond acceptors (Lipinski definition) is 6. The van der Waals surface area contributed by atoms with Crippen LogP contribution in [-0.2, 0) is 4.74 Å². The second-order valence-electron chi connectivity index (χ2n) is 9.59. The molecule has 0 saturated carbocycles. The van der Waals surface area contributed by atoms with Crippen LogP contribution in [0.1, 0.15) is 24.0 Å². The maximum absolute atomic E-state index is 11.3. The highest BCUT2D eigenvalue weighted by Gasteiger charge is 2.39. The van der Waals surface area contributed by atoms with Crippen molar-refractivity contribution in [2.75, 3.05) is 57.4 Å². The van der Waals surface area contributed by atoms with E-state index in [0.29, 0.717) is 39.1 Å². The number of aliphatic hydroxyl groups is 2. The molecule has 6 heteroatoms. The van der Waals surface area contributed by atoms with Crippen LogP contribution in [0.3, 0.4) is 0 Å². The van der Waals surface area contributed by atoms with E-state index < -0.39 is 11.2 Å². The predicted octanol–water partition coefficient (Wildman–Crippen LogP) is 2.78. The molecule has 0 spiro atoms. The van der Waals surface area contributed by atoms with Crippen molar-refractivity contribution in [3.05, 3.63) is 59.7 Å². The van der Waals surface area contributed by atoms with Crippen molar-refractivity contribution < 1.29 is 19.7 Å². The van der Waals surface area contributed by atoms with E-state index in [1.165, 1.54) is 11.3 Å². The minimum atomic E-state index is -1.11. The molecule has 2 saturated heterocycles. The molecule has 0 bridgehead atoms. The number of aryl methyl sites for hydroxylation is 2. The number of benzene rings is 2. The van der Waals surface area contributed by atoms with Gasteiger partial charge in [0.25, 0.3) is 0 Å². The Hall–Kier alpha value is -2.12. The largest absolute Gasteiger partial charge is 0.490 e. The summed E-state index contributed by atoms with van der Waals surface area (Å²) in [6.45, 7) is 8.32. The van der Waals surface area contributed by atoms with Crippen LogP contribution in [0.15, 0.2) is 48.5 Å². The normalized spacial score (nSPS) is 24.2. The smallest absolute Gasteiger partial charge is 0.134 e. The molecular formula is C26H36N2O4.